The van der Waals surface area contributed by atoms with Gasteiger partial charge in [0.15, 0.2) is 0 Å². The van der Waals surface area contributed by atoms with Crippen LogP contribution in [-0.2, 0) is 4.79 Å². The Balaban J connectivity index is 1.82. The van der Waals surface area contributed by atoms with Crippen LogP contribution in [0.1, 0.15) is 33.1 Å². The second kappa shape index (κ2) is 7.13. The van der Waals surface area contributed by atoms with E-state index in [4.69, 9.17) is 0 Å². The van der Waals surface area contributed by atoms with E-state index in [1.54, 1.807) is 0 Å². The largest absolute Gasteiger partial charge is 0.385 e. The van der Waals surface area contributed by atoms with Crippen LogP contribution in [0.3, 0.4) is 0 Å². The Hall–Kier alpha value is -1.77. The van der Waals surface area contributed by atoms with Crippen LogP contribution in [0.5, 0.6) is 0 Å². The maximum absolute atomic E-state index is 11.6. The molecule has 1 aromatic carbocycles. The number of benzene rings is 1. The predicted molar refractivity (Wildman–Crippen MR) is 84.9 cm³/mol. The molecule has 0 spiro atoms. The molecule has 0 bridgehead atoms. The van der Waals surface area contributed by atoms with E-state index in [1.807, 2.05) is 38.1 Å². The lowest BCUT2D eigenvalue weighted by molar-refractivity contribution is -0.118. The Bertz CT molecular complexity index is 462. The van der Waals surface area contributed by atoms with Crippen molar-refractivity contribution in [1.29, 1.82) is 0 Å². The second-order valence-corrected chi connectivity index (χ2v) is 5.75. The van der Waals surface area contributed by atoms with Crippen molar-refractivity contribution in [2.45, 2.75) is 33.1 Å². The molecule has 3 heteroatoms. The highest BCUT2D eigenvalue weighted by atomic mass is 16.1. The lowest BCUT2D eigenvalue weighted by Gasteiger charge is -2.19. The van der Waals surface area contributed by atoms with Gasteiger partial charge in [-0.2, -0.15) is 0 Å². The average Bonchev–Trinajstić information content (AvgIpc) is 2.47. The minimum absolute atomic E-state index is 0.00663. The molecule has 0 heterocycles. The highest BCUT2D eigenvalue weighted by Gasteiger charge is 2.09. The molecule has 0 fully saturated rings. The zero-order valence-corrected chi connectivity index (χ0v) is 12.4. The summed E-state index contributed by atoms with van der Waals surface area (Å²) in [5.41, 5.74) is 1.97. The molecule has 1 aliphatic carbocycles. The molecule has 1 aliphatic rings. The second-order valence-electron chi connectivity index (χ2n) is 5.75. The van der Waals surface area contributed by atoms with Crippen LogP contribution < -0.4 is 10.6 Å². The van der Waals surface area contributed by atoms with Crippen molar-refractivity contribution in [2.24, 2.45) is 11.8 Å². The smallest absolute Gasteiger partial charge is 0.226 e. The molecule has 1 aromatic rings. The van der Waals surface area contributed by atoms with Crippen LogP contribution in [0, 0.1) is 11.8 Å². The fourth-order valence-corrected chi connectivity index (χ4v) is 2.26. The normalized spacial score (nSPS) is 18.1. The summed E-state index contributed by atoms with van der Waals surface area (Å²) in [6, 6.07) is 7.94. The van der Waals surface area contributed by atoms with E-state index in [9.17, 15) is 4.79 Å². The van der Waals surface area contributed by atoms with Crippen LogP contribution in [0.25, 0.3) is 0 Å². The average molecular weight is 272 g/mol. The number of hydrogen-bond donors (Lipinski definition) is 2. The zero-order chi connectivity index (χ0) is 14.4. The standard InChI is InChI=1S/C17H24N2O/c1-13(2)17(20)19-16-10-8-15(9-11-16)18-12-14-6-4-3-5-7-14/h3-4,8-11,13-14,18H,5-7,12H2,1-2H3,(H,19,20). The monoisotopic (exact) mass is 272 g/mol. The third kappa shape index (κ3) is 4.41. The van der Waals surface area contributed by atoms with Crippen molar-refractivity contribution < 1.29 is 4.79 Å². The summed E-state index contributed by atoms with van der Waals surface area (Å²) in [6.45, 7) is 4.80. The molecule has 0 aliphatic heterocycles. The Kier molecular flexibility index (Phi) is 5.22. The maximum Gasteiger partial charge on any atom is 0.226 e. The number of nitrogens with one attached hydrogen (secondary N) is 2. The Morgan fingerprint density at radius 2 is 1.90 bits per heavy atom. The first-order valence-corrected chi connectivity index (χ1v) is 7.45. The van der Waals surface area contributed by atoms with Gasteiger partial charge in [-0.1, -0.05) is 26.0 Å². The predicted octanol–water partition coefficient (Wildman–Crippen LogP) is 4.05. The molecule has 1 unspecified atom stereocenters. The third-order valence-corrected chi connectivity index (χ3v) is 3.65. The number of carbonyl (C=O) groups is 1. The van der Waals surface area contributed by atoms with Crippen molar-refractivity contribution >= 4 is 17.3 Å². The minimum Gasteiger partial charge on any atom is -0.385 e. The number of carbonyl (C=O) groups excluding carboxylic acids is 1. The molecule has 1 atom stereocenters. The van der Waals surface area contributed by atoms with Crippen LogP contribution >= 0.6 is 0 Å². The van der Waals surface area contributed by atoms with E-state index in [1.165, 1.54) is 19.3 Å². The number of amides is 1. The number of hydrogen-bond acceptors (Lipinski definition) is 2. The summed E-state index contributed by atoms with van der Waals surface area (Å²) in [6.07, 6.45) is 8.19. The Labute approximate surface area is 121 Å². The number of allylic oxidation sites excluding steroid dienone is 2. The Morgan fingerprint density at radius 1 is 1.20 bits per heavy atom. The summed E-state index contributed by atoms with van der Waals surface area (Å²) in [4.78, 5) is 11.6. The van der Waals surface area contributed by atoms with Gasteiger partial charge in [0, 0.05) is 23.8 Å². The van der Waals surface area contributed by atoms with Gasteiger partial charge in [-0.15, -0.1) is 0 Å². The van der Waals surface area contributed by atoms with E-state index in [0.29, 0.717) is 0 Å². The number of anilines is 2. The lowest BCUT2D eigenvalue weighted by atomic mass is 9.94. The van der Waals surface area contributed by atoms with E-state index in [-0.39, 0.29) is 11.8 Å². The van der Waals surface area contributed by atoms with Crippen molar-refractivity contribution in [2.75, 3.05) is 17.2 Å². The molecule has 20 heavy (non-hydrogen) atoms. The van der Waals surface area contributed by atoms with Gasteiger partial charge in [0.1, 0.15) is 0 Å². The van der Waals surface area contributed by atoms with E-state index >= 15 is 0 Å². The first kappa shape index (κ1) is 14.6. The molecule has 1 amide bonds. The molecular formula is C17H24N2O. The zero-order valence-electron chi connectivity index (χ0n) is 12.4. The van der Waals surface area contributed by atoms with Gasteiger partial charge in [-0.3, -0.25) is 4.79 Å². The van der Waals surface area contributed by atoms with Crippen LogP contribution in [0.2, 0.25) is 0 Å². The summed E-state index contributed by atoms with van der Waals surface area (Å²) in [5.74, 6) is 0.798. The van der Waals surface area contributed by atoms with Gasteiger partial charge in [0.25, 0.3) is 0 Å². The van der Waals surface area contributed by atoms with Gasteiger partial charge >= 0.3 is 0 Å². The fraction of sp³-hybridized carbons (Fsp3) is 0.471. The minimum atomic E-state index is 0.00663. The molecule has 3 nitrogen and oxygen atoms in total. The maximum atomic E-state index is 11.6. The van der Waals surface area contributed by atoms with Gasteiger partial charge in [0.05, 0.1) is 0 Å². The molecule has 2 rings (SSSR count). The lowest BCUT2D eigenvalue weighted by Crippen LogP contribution is -2.18. The SMILES string of the molecule is CC(C)C(=O)Nc1ccc(NCC2CC=CCC2)cc1. The molecule has 0 saturated heterocycles. The van der Waals surface area contributed by atoms with Crippen molar-refractivity contribution in [3.63, 3.8) is 0 Å². The Morgan fingerprint density at radius 3 is 2.50 bits per heavy atom. The van der Waals surface area contributed by atoms with E-state index in [0.717, 1.165) is 23.8 Å². The van der Waals surface area contributed by atoms with Crippen LogP contribution in [0.15, 0.2) is 36.4 Å². The topological polar surface area (TPSA) is 41.1 Å². The summed E-state index contributed by atoms with van der Waals surface area (Å²) >= 11 is 0. The summed E-state index contributed by atoms with van der Waals surface area (Å²) in [5, 5.41) is 6.37. The molecule has 0 aromatic heterocycles. The van der Waals surface area contributed by atoms with Gasteiger partial charge in [-0.25, -0.2) is 0 Å². The molecule has 108 valence electrons. The van der Waals surface area contributed by atoms with Crippen molar-refractivity contribution in [1.82, 2.24) is 0 Å². The van der Waals surface area contributed by atoms with Gasteiger partial charge in [-0.05, 0) is 49.4 Å². The first-order chi connectivity index (χ1) is 9.65. The summed E-state index contributed by atoms with van der Waals surface area (Å²) < 4.78 is 0. The van der Waals surface area contributed by atoms with E-state index < -0.39 is 0 Å². The van der Waals surface area contributed by atoms with Crippen molar-refractivity contribution in [3.05, 3.63) is 36.4 Å². The van der Waals surface area contributed by atoms with Gasteiger partial charge in [0.2, 0.25) is 5.91 Å². The van der Waals surface area contributed by atoms with Gasteiger partial charge < -0.3 is 10.6 Å². The molecule has 0 saturated carbocycles. The fourth-order valence-electron chi connectivity index (χ4n) is 2.26. The third-order valence-electron chi connectivity index (χ3n) is 3.65. The molecule has 0 radical (unpaired) electrons. The van der Waals surface area contributed by atoms with Crippen LogP contribution in [0.4, 0.5) is 11.4 Å². The quantitative estimate of drug-likeness (QED) is 0.794. The van der Waals surface area contributed by atoms with Crippen LogP contribution in [-0.4, -0.2) is 12.5 Å². The van der Waals surface area contributed by atoms with E-state index in [2.05, 4.69) is 22.8 Å². The summed E-state index contributed by atoms with van der Waals surface area (Å²) in [7, 11) is 0. The first-order valence-electron chi connectivity index (χ1n) is 7.45. The molecule has 2 N–H and O–H groups in total. The highest BCUT2D eigenvalue weighted by molar-refractivity contribution is 5.92. The molecular weight excluding hydrogens is 248 g/mol. The number of rotatable bonds is 5. The van der Waals surface area contributed by atoms with Crippen molar-refractivity contribution in [3.8, 4) is 0 Å². The highest BCUT2D eigenvalue weighted by Crippen LogP contribution is 2.20.